The summed E-state index contributed by atoms with van der Waals surface area (Å²) in [5, 5.41) is 11.1. The molecule has 0 aliphatic rings. The summed E-state index contributed by atoms with van der Waals surface area (Å²) in [5.41, 5.74) is 0. The van der Waals surface area contributed by atoms with Gasteiger partial charge in [-0.15, -0.1) is 0 Å². The summed E-state index contributed by atoms with van der Waals surface area (Å²) >= 11 is 0. The van der Waals surface area contributed by atoms with Crippen molar-refractivity contribution in [3.63, 3.8) is 0 Å². The van der Waals surface area contributed by atoms with E-state index in [2.05, 4.69) is 52.0 Å². The Hall–Kier alpha value is -0.0900. The first-order chi connectivity index (χ1) is 12.0. The standard InChI is InChI=1S/C22H41NO2.Na/c1-5-7-9-11-13-15-17-20(3)23(19-22(24)25)21(4)18-16-14-12-10-8-6-2;/h15-18,20-21H,5-14,19H2,1-4H3,(H,24,25);/q;+1/p-1/b17-15+,18-16+;. The van der Waals surface area contributed by atoms with E-state index < -0.39 is 5.97 Å². The van der Waals surface area contributed by atoms with E-state index >= 15 is 0 Å². The molecule has 2 unspecified atom stereocenters. The zero-order valence-electron chi connectivity index (χ0n) is 18.0. The van der Waals surface area contributed by atoms with Gasteiger partial charge in [0.05, 0.1) is 5.97 Å². The molecule has 2 atom stereocenters. The Morgan fingerprint density at radius 1 is 0.846 bits per heavy atom. The van der Waals surface area contributed by atoms with Gasteiger partial charge in [-0.2, -0.15) is 0 Å². The van der Waals surface area contributed by atoms with Crippen molar-refractivity contribution >= 4 is 5.97 Å². The monoisotopic (exact) mass is 373 g/mol. The fourth-order valence-electron chi connectivity index (χ4n) is 2.99. The Morgan fingerprint density at radius 3 is 1.62 bits per heavy atom. The third-order valence-electron chi connectivity index (χ3n) is 4.64. The van der Waals surface area contributed by atoms with Gasteiger partial charge >= 0.3 is 29.6 Å². The van der Waals surface area contributed by atoms with Crippen LogP contribution in [0.25, 0.3) is 0 Å². The third-order valence-corrected chi connectivity index (χ3v) is 4.64. The second-order valence-corrected chi connectivity index (χ2v) is 7.08. The zero-order chi connectivity index (χ0) is 18.9. The van der Waals surface area contributed by atoms with Gasteiger partial charge in [-0.3, -0.25) is 4.90 Å². The van der Waals surface area contributed by atoms with Crippen LogP contribution in [0.15, 0.2) is 24.3 Å². The maximum absolute atomic E-state index is 11.1. The molecule has 0 aromatic carbocycles. The van der Waals surface area contributed by atoms with Crippen molar-refractivity contribution in [3.05, 3.63) is 24.3 Å². The summed E-state index contributed by atoms with van der Waals surface area (Å²) in [6.07, 6.45) is 20.9. The maximum atomic E-state index is 11.1. The number of unbranched alkanes of at least 4 members (excludes halogenated alkanes) is 8. The number of allylic oxidation sites excluding steroid dienone is 2. The fourth-order valence-corrected chi connectivity index (χ4v) is 2.99. The van der Waals surface area contributed by atoms with Gasteiger partial charge in [0.25, 0.3) is 0 Å². The summed E-state index contributed by atoms with van der Waals surface area (Å²) in [7, 11) is 0. The average molecular weight is 374 g/mol. The smallest absolute Gasteiger partial charge is 0.549 e. The van der Waals surface area contributed by atoms with E-state index in [9.17, 15) is 9.90 Å². The van der Waals surface area contributed by atoms with Crippen LogP contribution in [0.4, 0.5) is 0 Å². The average Bonchev–Trinajstić information content (AvgIpc) is 2.58. The van der Waals surface area contributed by atoms with Crippen LogP contribution in [0.5, 0.6) is 0 Å². The Bertz CT molecular complexity index is 354. The molecule has 0 rings (SSSR count). The SMILES string of the molecule is CCCCCC/C=C/C(C)N(CC(=O)[O-])C(C)/C=C/CCCCCC.[Na+]. The van der Waals surface area contributed by atoms with Gasteiger partial charge in [-0.05, 0) is 39.5 Å². The summed E-state index contributed by atoms with van der Waals surface area (Å²) in [6, 6.07) is 0.202. The molecule has 26 heavy (non-hydrogen) atoms. The fraction of sp³-hybridized carbons (Fsp3) is 0.773. The number of carboxylic acids is 1. The van der Waals surface area contributed by atoms with Crippen LogP contribution >= 0.6 is 0 Å². The van der Waals surface area contributed by atoms with E-state index in [-0.39, 0.29) is 48.2 Å². The molecule has 0 N–H and O–H groups in total. The molecule has 0 aromatic heterocycles. The van der Waals surface area contributed by atoms with Crippen LogP contribution < -0.4 is 34.7 Å². The van der Waals surface area contributed by atoms with Crippen molar-refractivity contribution < 1.29 is 39.5 Å². The molecular formula is C22H40NNaO2. The number of nitrogens with zero attached hydrogens (tertiary/aromatic N) is 1. The Balaban J connectivity index is 0. The number of hydrogen-bond acceptors (Lipinski definition) is 3. The number of carboxylic acid groups (broad SMARTS) is 1. The van der Waals surface area contributed by atoms with Crippen LogP contribution in [0.1, 0.15) is 91.9 Å². The van der Waals surface area contributed by atoms with Crippen LogP contribution in [0.2, 0.25) is 0 Å². The van der Waals surface area contributed by atoms with Gasteiger partial charge in [-0.1, -0.05) is 76.7 Å². The van der Waals surface area contributed by atoms with E-state index in [1.165, 1.54) is 51.4 Å². The van der Waals surface area contributed by atoms with E-state index in [0.29, 0.717) is 0 Å². The Morgan fingerprint density at radius 2 is 1.27 bits per heavy atom. The number of aliphatic carboxylic acids is 1. The second kappa shape index (κ2) is 19.7. The summed E-state index contributed by atoms with van der Waals surface area (Å²) in [4.78, 5) is 13.1. The predicted molar refractivity (Wildman–Crippen MR) is 106 cm³/mol. The third kappa shape index (κ3) is 16.1. The molecule has 0 aromatic rings. The molecule has 0 aliphatic carbocycles. The van der Waals surface area contributed by atoms with Crippen LogP contribution in [0.3, 0.4) is 0 Å². The van der Waals surface area contributed by atoms with Crippen molar-refractivity contribution in [2.75, 3.05) is 6.54 Å². The van der Waals surface area contributed by atoms with Crippen LogP contribution in [0, 0.1) is 0 Å². The molecule has 0 aliphatic heterocycles. The summed E-state index contributed by atoms with van der Waals surface area (Å²) in [5.74, 6) is -1.01. The van der Waals surface area contributed by atoms with Gasteiger partial charge in [-0.25, -0.2) is 0 Å². The second-order valence-electron chi connectivity index (χ2n) is 7.08. The molecule has 0 amide bonds. The quantitative estimate of drug-likeness (QED) is 0.236. The van der Waals surface area contributed by atoms with E-state index in [1.54, 1.807) is 0 Å². The van der Waals surface area contributed by atoms with Crippen LogP contribution in [-0.2, 0) is 4.79 Å². The van der Waals surface area contributed by atoms with Gasteiger partial charge in [0.15, 0.2) is 0 Å². The van der Waals surface area contributed by atoms with Crippen molar-refractivity contribution in [3.8, 4) is 0 Å². The zero-order valence-corrected chi connectivity index (χ0v) is 20.0. The van der Waals surface area contributed by atoms with Gasteiger partial charge < -0.3 is 9.90 Å². The van der Waals surface area contributed by atoms with Crippen LogP contribution in [-0.4, -0.2) is 29.5 Å². The molecule has 0 spiro atoms. The number of rotatable bonds is 16. The van der Waals surface area contributed by atoms with E-state index in [1.807, 2.05) is 4.90 Å². The van der Waals surface area contributed by atoms with E-state index in [0.717, 1.165) is 12.8 Å². The number of carbonyl (C=O) groups excluding carboxylic acids is 1. The van der Waals surface area contributed by atoms with E-state index in [4.69, 9.17) is 0 Å². The first-order valence-corrected chi connectivity index (χ1v) is 10.3. The molecule has 0 heterocycles. The molecule has 0 radical (unpaired) electrons. The molecule has 0 bridgehead atoms. The minimum absolute atomic E-state index is 0. The van der Waals surface area contributed by atoms with Gasteiger partial charge in [0.2, 0.25) is 0 Å². The number of hydrogen-bond donors (Lipinski definition) is 0. The Kier molecular flexibility index (Phi) is 21.3. The maximum Gasteiger partial charge on any atom is 1.00 e. The minimum Gasteiger partial charge on any atom is -0.549 e. The van der Waals surface area contributed by atoms with Gasteiger partial charge in [0.1, 0.15) is 0 Å². The number of carbonyl (C=O) groups is 1. The largest absolute Gasteiger partial charge is 1.00 e. The molecule has 0 saturated heterocycles. The molecule has 0 fully saturated rings. The van der Waals surface area contributed by atoms with Crippen molar-refractivity contribution in [1.29, 1.82) is 0 Å². The summed E-state index contributed by atoms with van der Waals surface area (Å²) < 4.78 is 0. The minimum atomic E-state index is -1.01. The first-order valence-electron chi connectivity index (χ1n) is 10.3. The first kappa shape index (κ1) is 28.1. The molecule has 3 nitrogen and oxygen atoms in total. The molecule has 4 heteroatoms. The molecule has 0 saturated carbocycles. The summed E-state index contributed by atoms with van der Waals surface area (Å²) in [6.45, 7) is 8.54. The predicted octanol–water partition coefficient (Wildman–Crippen LogP) is 1.87. The van der Waals surface area contributed by atoms with Crippen molar-refractivity contribution in [2.24, 2.45) is 0 Å². The topological polar surface area (TPSA) is 43.4 Å². The molecule has 146 valence electrons. The van der Waals surface area contributed by atoms with Gasteiger partial charge in [0, 0.05) is 18.6 Å². The molecular weight excluding hydrogens is 333 g/mol. The van der Waals surface area contributed by atoms with Crippen molar-refractivity contribution in [2.45, 2.75) is 104 Å². The normalized spacial score (nSPS) is 14.0. The Labute approximate surface area is 184 Å². The van der Waals surface area contributed by atoms with Crippen molar-refractivity contribution in [1.82, 2.24) is 4.90 Å².